The third-order valence-electron chi connectivity index (χ3n) is 2.55. The van der Waals surface area contributed by atoms with Gasteiger partial charge in [-0.05, 0) is 25.0 Å². The minimum absolute atomic E-state index is 0.0302. The quantitative estimate of drug-likeness (QED) is 0.863. The van der Waals surface area contributed by atoms with Crippen LogP contribution in [0.2, 0.25) is 0 Å². The van der Waals surface area contributed by atoms with Crippen molar-refractivity contribution in [3.63, 3.8) is 0 Å². The van der Waals surface area contributed by atoms with Gasteiger partial charge < -0.3 is 5.11 Å². The molecule has 0 aliphatic carbocycles. The summed E-state index contributed by atoms with van der Waals surface area (Å²) >= 11 is 0. The highest BCUT2D eigenvalue weighted by molar-refractivity contribution is 7.89. The number of carbonyl (C=O) groups is 1. The lowest BCUT2D eigenvalue weighted by Gasteiger charge is -2.21. The van der Waals surface area contributed by atoms with Crippen LogP contribution >= 0.6 is 0 Å². The Hall–Kier alpha value is -1.47. The standard InChI is InChI=1S/C12H16FNO4S/c1-3-7-14(8-11(15)16)19(17,18)12-9(2)5-4-6-10(12)13/h4-6H,3,7-8H2,1-2H3,(H,15,16). The summed E-state index contributed by atoms with van der Waals surface area (Å²) in [5.41, 5.74) is 0.256. The van der Waals surface area contributed by atoms with Crippen LogP contribution < -0.4 is 0 Å². The van der Waals surface area contributed by atoms with E-state index in [4.69, 9.17) is 5.11 Å². The summed E-state index contributed by atoms with van der Waals surface area (Å²) in [6, 6.07) is 3.93. The molecule has 0 fully saturated rings. The molecule has 0 amide bonds. The van der Waals surface area contributed by atoms with Crippen molar-refractivity contribution in [2.45, 2.75) is 25.2 Å². The van der Waals surface area contributed by atoms with E-state index in [0.717, 1.165) is 10.4 Å². The van der Waals surface area contributed by atoms with E-state index >= 15 is 0 Å². The topological polar surface area (TPSA) is 74.7 Å². The van der Waals surface area contributed by atoms with Gasteiger partial charge in [-0.2, -0.15) is 4.31 Å². The summed E-state index contributed by atoms with van der Waals surface area (Å²) in [6.07, 6.45) is 0.444. The number of nitrogens with zero attached hydrogens (tertiary/aromatic N) is 1. The van der Waals surface area contributed by atoms with Gasteiger partial charge in [0.1, 0.15) is 17.3 Å². The van der Waals surface area contributed by atoms with Crippen LogP contribution in [0.15, 0.2) is 23.1 Å². The number of sulfonamides is 1. The Kier molecular flexibility index (Phi) is 5.02. The minimum atomic E-state index is -4.14. The van der Waals surface area contributed by atoms with E-state index in [1.807, 2.05) is 0 Å². The molecule has 1 N–H and O–H groups in total. The molecule has 0 unspecified atom stereocenters. The van der Waals surface area contributed by atoms with Crippen molar-refractivity contribution in [3.8, 4) is 0 Å². The van der Waals surface area contributed by atoms with Crippen LogP contribution in [-0.4, -0.2) is 36.9 Å². The summed E-state index contributed by atoms with van der Waals surface area (Å²) in [5.74, 6) is -2.14. The summed E-state index contributed by atoms with van der Waals surface area (Å²) in [4.78, 5) is 10.3. The molecule has 0 bridgehead atoms. The number of carboxylic acids is 1. The van der Waals surface area contributed by atoms with Crippen molar-refractivity contribution in [3.05, 3.63) is 29.6 Å². The molecule has 19 heavy (non-hydrogen) atoms. The van der Waals surface area contributed by atoms with Crippen molar-refractivity contribution in [1.82, 2.24) is 4.31 Å². The molecule has 0 aliphatic rings. The van der Waals surface area contributed by atoms with Gasteiger partial charge in [-0.25, -0.2) is 12.8 Å². The van der Waals surface area contributed by atoms with E-state index in [9.17, 15) is 17.6 Å². The zero-order valence-electron chi connectivity index (χ0n) is 10.8. The molecule has 0 spiro atoms. The number of rotatable bonds is 6. The normalized spacial score (nSPS) is 11.8. The third-order valence-corrected chi connectivity index (χ3v) is 4.57. The Balaban J connectivity index is 3.30. The molecule has 0 atom stereocenters. The van der Waals surface area contributed by atoms with Gasteiger partial charge in [0.15, 0.2) is 0 Å². The van der Waals surface area contributed by atoms with Crippen LogP contribution in [0.1, 0.15) is 18.9 Å². The molecule has 5 nitrogen and oxygen atoms in total. The maximum Gasteiger partial charge on any atom is 0.318 e. The summed E-state index contributed by atoms with van der Waals surface area (Å²) in [6.45, 7) is 2.55. The van der Waals surface area contributed by atoms with Crippen LogP contribution in [0.5, 0.6) is 0 Å². The molecule has 0 aliphatic heterocycles. The molecule has 7 heteroatoms. The first-order valence-electron chi connectivity index (χ1n) is 5.77. The molecular formula is C12H16FNO4S. The number of aryl methyl sites for hydroxylation is 1. The highest BCUT2D eigenvalue weighted by atomic mass is 32.2. The Bertz CT molecular complexity index is 551. The predicted molar refractivity (Wildman–Crippen MR) is 67.8 cm³/mol. The first-order valence-corrected chi connectivity index (χ1v) is 7.21. The first-order chi connectivity index (χ1) is 8.80. The minimum Gasteiger partial charge on any atom is -0.480 e. The van der Waals surface area contributed by atoms with Crippen LogP contribution in [0.25, 0.3) is 0 Å². The van der Waals surface area contributed by atoms with Gasteiger partial charge >= 0.3 is 5.97 Å². The number of aliphatic carboxylic acids is 1. The Labute approximate surface area is 111 Å². The van der Waals surface area contributed by atoms with Crippen LogP contribution in [0.4, 0.5) is 4.39 Å². The highest BCUT2D eigenvalue weighted by Crippen LogP contribution is 2.23. The Morgan fingerprint density at radius 2 is 2.05 bits per heavy atom. The zero-order valence-corrected chi connectivity index (χ0v) is 11.6. The van der Waals surface area contributed by atoms with Crippen molar-refractivity contribution >= 4 is 16.0 Å². The van der Waals surface area contributed by atoms with E-state index < -0.39 is 33.3 Å². The molecule has 0 aromatic heterocycles. The molecular weight excluding hydrogens is 273 g/mol. The smallest absolute Gasteiger partial charge is 0.318 e. The van der Waals surface area contributed by atoms with Gasteiger partial charge in [0.05, 0.1) is 0 Å². The van der Waals surface area contributed by atoms with Crippen LogP contribution in [0.3, 0.4) is 0 Å². The van der Waals surface area contributed by atoms with Crippen molar-refractivity contribution in [2.24, 2.45) is 0 Å². The molecule has 0 saturated carbocycles. The van der Waals surface area contributed by atoms with E-state index in [0.29, 0.717) is 6.42 Å². The van der Waals surface area contributed by atoms with Crippen LogP contribution in [0, 0.1) is 12.7 Å². The van der Waals surface area contributed by atoms with Crippen molar-refractivity contribution in [2.75, 3.05) is 13.1 Å². The van der Waals surface area contributed by atoms with Gasteiger partial charge in [-0.1, -0.05) is 19.1 Å². The maximum atomic E-state index is 13.7. The van der Waals surface area contributed by atoms with Crippen molar-refractivity contribution in [1.29, 1.82) is 0 Å². The number of hydrogen-bond donors (Lipinski definition) is 1. The van der Waals surface area contributed by atoms with E-state index in [1.54, 1.807) is 6.92 Å². The number of carboxylic acid groups (broad SMARTS) is 1. The lowest BCUT2D eigenvalue weighted by atomic mass is 10.2. The molecule has 1 aromatic carbocycles. The largest absolute Gasteiger partial charge is 0.480 e. The molecule has 0 saturated heterocycles. The average molecular weight is 289 g/mol. The van der Waals surface area contributed by atoms with Crippen molar-refractivity contribution < 1.29 is 22.7 Å². The van der Waals surface area contributed by atoms with Crippen LogP contribution in [-0.2, 0) is 14.8 Å². The summed E-state index contributed by atoms with van der Waals surface area (Å²) in [7, 11) is -4.14. The summed E-state index contributed by atoms with van der Waals surface area (Å²) in [5, 5.41) is 8.76. The molecule has 0 heterocycles. The second-order valence-electron chi connectivity index (χ2n) is 4.12. The van der Waals surface area contributed by atoms with E-state index in [2.05, 4.69) is 0 Å². The van der Waals surface area contributed by atoms with Gasteiger partial charge in [0.2, 0.25) is 10.0 Å². The molecule has 106 valence electrons. The molecule has 0 radical (unpaired) electrons. The second kappa shape index (κ2) is 6.12. The van der Waals surface area contributed by atoms with E-state index in [1.165, 1.54) is 19.1 Å². The van der Waals surface area contributed by atoms with Gasteiger partial charge in [0, 0.05) is 6.54 Å². The predicted octanol–water partition coefficient (Wildman–Crippen LogP) is 1.62. The van der Waals surface area contributed by atoms with E-state index in [-0.39, 0.29) is 12.1 Å². The lowest BCUT2D eigenvalue weighted by molar-refractivity contribution is -0.137. The summed E-state index contributed by atoms with van der Waals surface area (Å²) < 4.78 is 39.2. The number of hydrogen-bond acceptors (Lipinski definition) is 3. The van der Waals surface area contributed by atoms with Gasteiger partial charge in [-0.3, -0.25) is 4.79 Å². The average Bonchev–Trinajstić information content (AvgIpc) is 2.27. The first kappa shape index (κ1) is 15.6. The Morgan fingerprint density at radius 1 is 1.42 bits per heavy atom. The fraction of sp³-hybridized carbons (Fsp3) is 0.417. The number of halogens is 1. The Morgan fingerprint density at radius 3 is 2.53 bits per heavy atom. The zero-order chi connectivity index (χ0) is 14.6. The second-order valence-corrected chi connectivity index (χ2v) is 5.99. The lowest BCUT2D eigenvalue weighted by Crippen LogP contribution is -2.37. The van der Waals surface area contributed by atoms with Gasteiger partial charge in [-0.15, -0.1) is 0 Å². The molecule has 1 rings (SSSR count). The third kappa shape index (κ3) is 3.51. The monoisotopic (exact) mass is 289 g/mol. The SMILES string of the molecule is CCCN(CC(=O)O)S(=O)(=O)c1c(C)cccc1F. The number of benzene rings is 1. The molecule has 1 aromatic rings. The van der Waals surface area contributed by atoms with Gasteiger partial charge in [0.25, 0.3) is 0 Å². The maximum absolute atomic E-state index is 13.7. The highest BCUT2D eigenvalue weighted by Gasteiger charge is 2.29. The fourth-order valence-electron chi connectivity index (χ4n) is 1.76. The fourth-order valence-corrected chi connectivity index (χ4v) is 3.51.